The fourth-order valence-corrected chi connectivity index (χ4v) is 2.47. The number of rotatable bonds is 2. The van der Waals surface area contributed by atoms with Crippen molar-refractivity contribution in [2.45, 2.75) is 13.8 Å². The minimum absolute atomic E-state index is 0.109. The van der Waals surface area contributed by atoms with E-state index in [1.54, 1.807) is 18.3 Å². The monoisotopic (exact) mass is 280 g/mol. The zero-order valence-corrected chi connectivity index (χ0v) is 11.9. The van der Waals surface area contributed by atoms with Crippen LogP contribution in [0.1, 0.15) is 16.7 Å². The molecule has 3 N–H and O–H groups in total. The summed E-state index contributed by atoms with van der Waals surface area (Å²) in [6, 6.07) is 11.0. The van der Waals surface area contributed by atoms with Crippen LogP contribution >= 0.6 is 0 Å². The Hall–Kier alpha value is -2.75. The molecule has 2 aromatic rings. The van der Waals surface area contributed by atoms with E-state index in [-0.39, 0.29) is 11.7 Å². The van der Waals surface area contributed by atoms with Crippen LogP contribution in [0.15, 0.2) is 42.6 Å². The molecule has 0 atom stereocenters. The molecule has 3 rings (SSSR count). The quantitative estimate of drug-likeness (QED) is 0.583. The molecule has 0 spiro atoms. The van der Waals surface area contributed by atoms with Crippen molar-refractivity contribution in [3.8, 4) is 5.75 Å². The summed E-state index contributed by atoms with van der Waals surface area (Å²) < 4.78 is 0. The molecular weight excluding hydrogens is 264 g/mol. The Labute approximate surface area is 123 Å². The fraction of sp³-hybridized carbons (Fsp3) is 0.118. The lowest BCUT2D eigenvalue weighted by molar-refractivity contribution is -0.110. The summed E-state index contributed by atoms with van der Waals surface area (Å²) in [7, 11) is 0. The van der Waals surface area contributed by atoms with Crippen molar-refractivity contribution < 1.29 is 9.90 Å². The van der Waals surface area contributed by atoms with Gasteiger partial charge in [-0.05, 0) is 49.2 Å². The van der Waals surface area contributed by atoms with Gasteiger partial charge >= 0.3 is 0 Å². The molecule has 1 heterocycles. The highest BCUT2D eigenvalue weighted by atomic mass is 16.3. The van der Waals surface area contributed by atoms with E-state index in [9.17, 15) is 9.90 Å². The third kappa shape index (κ3) is 2.36. The van der Waals surface area contributed by atoms with Crippen molar-refractivity contribution in [2.75, 3.05) is 10.6 Å². The molecule has 106 valence electrons. The van der Waals surface area contributed by atoms with Crippen LogP contribution in [0.5, 0.6) is 5.75 Å². The maximum Gasteiger partial charge on any atom is 0.257 e. The minimum atomic E-state index is -0.109. The van der Waals surface area contributed by atoms with Gasteiger partial charge in [-0.25, -0.2) is 0 Å². The van der Waals surface area contributed by atoms with E-state index >= 15 is 0 Å². The van der Waals surface area contributed by atoms with Gasteiger partial charge in [-0.15, -0.1) is 0 Å². The highest BCUT2D eigenvalue weighted by Crippen LogP contribution is 2.34. The SMILES string of the molecule is Cc1cc(NC=C2C(=O)Nc3cccc(C)c32)ccc1O. The van der Waals surface area contributed by atoms with E-state index in [0.29, 0.717) is 5.57 Å². The van der Waals surface area contributed by atoms with E-state index in [2.05, 4.69) is 10.6 Å². The molecule has 0 saturated carbocycles. The number of phenolic OH excluding ortho intramolecular Hbond substituents is 1. The third-order valence-electron chi connectivity index (χ3n) is 3.61. The molecule has 1 aliphatic heterocycles. The van der Waals surface area contributed by atoms with Crippen molar-refractivity contribution in [1.29, 1.82) is 0 Å². The number of carbonyl (C=O) groups excluding carboxylic acids is 1. The first-order chi connectivity index (χ1) is 10.1. The maximum atomic E-state index is 12.1. The van der Waals surface area contributed by atoms with Crippen LogP contribution in [0.25, 0.3) is 5.57 Å². The first-order valence-corrected chi connectivity index (χ1v) is 6.74. The van der Waals surface area contributed by atoms with Gasteiger partial charge in [-0.3, -0.25) is 4.79 Å². The zero-order valence-electron chi connectivity index (χ0n) is 11.9. The summed E-state index contributed by atoms with van der Waals surface area (Å²) in [6.07, 6.45) is 1.71. The molecular formula is C17H16N2O2. The second-order valence-electron chi connectivity index (χ2n) is 5.16. The predicted octanol–water partition coefficient (Wildman–Crippen LogP) is 3.41. The third-order valence-corrected chi connectivity index (χ3v) is 3.61. The molecule has 0 aliphatic carbocycles. The van der Waals surface area contributed by atoms with Crippen molar-refractivity contribution in [3.05, 3.63) is 59.3 Å². The Bertz CT molecular complexity index is 763. The van der Waals surface area contributed by atoms with E-state index in [1.807, 2.05) is 38.1 Å². The van der Waals surface area contributed by atoms with Crippen LogP contribution < -0.4 is 10.6 Å². The summed E-state index contributed by atoms with van der Waals surface area (Å²) in [4.78, 5) is 12.1. The number of anilines is 2. The topological polar surface area (TPSA) is 61.4 Å². The zero-order chi connectivity index (χ0) is 15.0. The van der Waals surface area contributed by atoms with Crippen molar-refractivity contribution >= 4 is 22.9 Å². The average molecular weight is 280 g/mol. The number of aryl methyl sites for hydroxylation is 2. The molecule has 0 radical (unpaired) electrons. The highest BCUT2D eigenvalue weighted by molar-refractivity contribution is 6.32. The number of phenols is 1. The van der Waals surface area contributed by atoms with Crippen molar-refractivity contribution in [2.24, 2.45) is 0 Å². The number of hydrogen-bond donors (Lipinski definition) is 3. The number of carbonyl (C=O) groups is 1. The van der Waals surface area contributed by atoms with Crippen molar-refractivity contribution in [1.82, 2.24) is 0 Å². The molecule has 0 bridgehead atoms. The summed E-state index contributed by atoms with van der Waals surface area (Å²) in [5, 5.41) is 15.5. The molecule has 21 heavy (non-hydrogen) atoms. The van der Waals surface area contributed by atoms with Gasteiger partial charge < -0.3 is 15.7 Å². The lowest BCUT2D eigenvalue weighted by atomic mass is 10.0. The number of amides is 1. The van der Waals surface area contributed by atoms with Crippen LogP contribution in [0.4, 0.5) is 11.4 Å². The number of benzene rings is 2. The predicted molar refractivity (Wildman–Crippen MR) is 84.3 cm³/mol. The minimum Gasteiger partial charge on any atom is -0.508 e. The van der Waals surface area contributed by atoms with Gasteiger partial charge in [0.2, 0.25) is 0 Å². The van der Waals surface area contributed by atoms with Crippen LogP contribution in [-0.2, 0) is 4.79 Å². The largest absolute Gasteiger partial charge is 0.508 e. The van der Waals surface area contributed by atoms with Gasteiger partial charge in [-0.2, -0.15) is 0 Å². The molecule has 0 saturated heterocycles. The molecule has 0 unspecified atom stereocenters. The Morgan fingerprint density at radius 3 is 2.71 bits per heavy atom. The number of nitrogens with one attached hydrogen (secondary N) is 2. The van der Waals surface area contributed by atoms with Gasteiger partial charge in [0.1, 0.15) is 5.75 Å². The molecule has 1 amide bonds. The van der Waals surface area contributed by atoms with Gasteiger partial charge in [-0.1, -0.05) is 12.1 Å². The second-order valence-corrected chi connectivity index (χ2v) is 5.16. The van der Waals surface area contributed by atoms with Crippen LogP contribution in [-0.4, -0.2) is 11.0 Å². The Balaban J connectivity index is 1.94. The molecule has 1 aliphatic rings. The van der Waals surface area contributed by atoms with Crippen LogP contribution in [0.2, 0.25) is 0 Å². The Morgan fingerprint density at radius 1 is 1.14 bits per heavy atom. The number of fused-ring (bicyclic) bond motifs is 1. The van der Waals surface area contributed by atoms with E-state index in [1.165, 1.54) is 0 Å². The van der Waals surface area contributed by atoms with Gasteiger partial charge in [0, 0.05) is 23.1 Å². The molecule has 0 fully saturated rings. The Morgan fingerprint density at radius 2 is 1.95 bits per heavy atom. The van der Waals surface area contributed by atoms with E-state index in [4.69, 9.17) is 0 Å². The fourth-order valence-electron chi connectivity index (χ4n) is 2.47. The summed E-state index contributed by atoms with van der Waals surface area (Å²) in [6.45, 7) is 3.81. The van der Waals surface area contributed by atoms with Crippen LogP contribution in [0, 0.1) is 13.8 Å². The molecule has 0 aromatic heterocycles. The average Bonchev–Trinajstić information content (AvgIpc) is 2.77. The number of hydrogen-bond acceptors (Lipinski definition) is 3. The van der Waals surface area contributed by atoms with Gasteiger partial charge in [0.15, 0.2) is 0 Å². The maximum absolute atomic E-state index is 12.1. The molecule has 4 heteroatoms. The summed E-state index contributed by atoms with van der Waals surface area (Å²) in [5.41, 5.74) is 5.06. The van der Waals surface area contributed by atoms with E-state index < -0.39 is 0 Å². The summed E-state index contributed by atoms with van der Waals surface area (Å²) >= 11 is 0. The van der Waals surface area contributed by atoms with Gasteiger partial charge in [0.05, 0.1) is 5.57 Å². The standard InChI is InChI=1S/C17H16N2O2/c1-10-4-3-5-14-16(10)13(17(21)19-14)9-18-12-6-7-15(20)11(2)8-12/h3-9,18,20H,1-2H3,(H,19,21). The van der Waals surface area contributed by atoms with Crippen LogP contribution in [0.3, 0.4) is 0 Å². The summed E-state index contributed by atoms with van der Waals surface area (Å²) in [5.74, 6) is 0.148. The smallest absolute Gasteiger partial charge is 0.257 e. The second kappa shape index (κ2) is 4.98. The van der Waals surface area contributed by atoms with Gasteiger partial charge in [0.25, 0.3) is 5.91 Å². The normalized spacial score (nSPS) is 15.0. The lowest BCUT2D eigenvalue weighted by Gasteiger charge is -2.06. The molecule has 2 aromatic carbocycles. The molecule has 4 nitrogen and oxygen atoms in total. The van der Waals surface area contributed by atoms with Crippen molar-refractivity contribution in [3.63, 3.8) is 0 Å². The highest BCUT2D eigenvalue weighted by Gasteiger charge is 2.25. The first kappa shape index (κ1) is 13.2. The Kier molecular flexibility index (Phi) is 3.14. The lowest BCUT2D eigenvalue weighted by Crippen LogP contribution is -2.05. The number of aromatic hydroxyl groups is 1. The van der Waals surface area contributed by atoms with E-state index in [0.717, 1.165) is 28.1 Å². The first-order valence-electron chi connectivity index (χ1n) is 6.74.